The van der Waals surface area contributed by atoms with Gasteiger partial charge in [-0.1, -0.05) is 55.8 Å². The number of sulfonamides is 1. The van der Waals surface area contributed by atoms with Crippen LogP contribution in [-0.4, -0.2) is 56.2 Å². The van der Waals surface area contributed by atoms with E-state index in [0.717, 1.165) is 63.7 Å². The van der Waals surface area contributed by atoms with Gasteiger partial charge in [0.2, 0.25) is 10.0 Å². The van der Waals surface area contributed by atoms with E-state index in [4.69, 9.17) is 9.47 Å². The van der Waals surface area contributed by atoms with Crippen molar-refractivity contribution in [2.75, 3.05) is 30.6 Å². The van der Waals surface area contributed by atoms with Gasteiger partial charge in [-0.3, -0.25) is 9.62 Å². The largest absolute Gasteiger partial charge is 0.457 e. The highest BCUT2D eigenvalue weighted by molar-refractivity contribution is 7.92. The molecule has 1 N–H and O–H groups in total. The average molecular weight is 602 g/mol. The zero-order valence-electron chi connectivity index (χ0n) is 23.7. The summed E-state index contributed by atoms with van der Waals surface area (Å²) in [5.41, 5.74) is 2.69. The highest BCUT2D eigenvalue weighted by Crippen LogP contribution is 2.25. The second kappa shape index (κ2) is 15.7. The molecule has 1 amide bonds. The molecule has 3 aromatic rings. The first-order chi connectivity index (χ1) is 19.3. The number of rotatable bonds is 12. The molecule has 1 fully saturated rings. The Morgan fingerprint density at radius 1 is 0.927 bits per heavy atom. The number of carbonyl (C=O) groups excluding carboxylic acids is 1. The van der Waals surface area contributed by atoms with E-state index in [1.165, 1.54) is 5.56 Å². The predicted octanol–water partition coefficient (Wildman–Crippen LogP) is 6.68. The molecule has 10 heteroatoms. The minimum atomic E-state index is -3.31. The van der Waals surface area contributed by atoms with Crippen molar-refractivity contribution in [3.63, 3.8) is 0 Å². The van der Waals surface area contributed by atoms with Crippen LogP contribution in [0.4, 0.5) is 10.5 Å². The van der Waals surface area contributed by atoms with Crippen molar-refractivity contribution in [3.05, 3.63) is 90.0 Å². The molecular weight excluding hydrogens is 562 g/mol. The lowest BCUT2D eigenvalue weighted by atomic mass is 10.0. The molecule has 4 rings (SSSR count). The van der Waals surface area contributed by atoms with Crippen molar-refractivity contribution in [1.29, 1.82) is 0 Å². The van der Waals surface area contributed by atoms with E-state index >= 15 is 0 Å². The Labute approximate surface area is 250 Å². The van der Waals surface area contributed by atoms with Gasteiger partial charge < -0.3 is 14.4 Å². The number of unbranched alkanes of at least 4 members (excludes halogenated alkanes) is 1. The van der Waals surface area contributed by atoms with Crippen LogP contribution in [0.5, 0.6) is 11.5 Å². The SMILES string of the molecule is CCCCN(C(=O)OCc1ccccc1)C1CCN(Cc2ccc(Oc3ccc(NS(C)(=O)=O)cc3)cc2)CC1.Cl. The summed E-state index contributed by atoms with van der Waals surface area (Å²) in [6.07, 6.45) is 4.76. The van der Waals surface area contributed by atoms with Crippen LogP contribution in [0, 0.1) is 0 Å². The van der Waals surface area contributed by atoms with Gasteiger partial charge in [0, 0.05) is 37.9 Å². The number of piperidine rings is 1. The third-order valence-corrected chi connectivity index (χ3v) is 7.52. The van der Waals surface area contributed by atoms with Gasteiger partial charge in [0.05, 0.1) is 6.26 Å². The topological polar surface area (TPSA) is 88.2 Å². The molecule has 0 saturated carbocycles. The summed E-state index contributed by atoms with van der Waals surface area (Å²) in [7, 11) is -3.31. The molecule has 41 heavy (non-hydrogen) atoms. The van der Waals surface area contributed by atoms with Crippen molar-refractivity contribution in [2.24, 2.45) is 0 Å². The first-order valence-electron chi connectivity index (χ1n) is 13.8. The van der Waals surface area contributed by atoms with Gasteiger partial charge in [-0.2, -0.15) is 0 Å². The molecule has 0 aliphatic carbocycles. The molecule has 1 aliphatic rings. The highest BCUT2D eigenvalue weighted by Gasteiger charge is 2.28. The lowest BCUT2D eigenvalue weighted by Crippen LogP contribution is -2.47. The number of carbonyl (C=O) groups is 1. The van der Waals surface area contributed by atoms with E-state index in [1.54, 1.807) is 24.3 Å². The maximum atomic E-state index is 13.0. The number of benzene rings is 3. The quantitative estimate of drug-likeness (QED) is 0.249. The molecule has 3 aromatic carbocycles. The van der Waals surface area contributed by atoms with E-state index in [2.05, 4.69) is 28.7 Å². The van der Waals surface area contributed by atoms with Crippen LogP contribution >= 0.6 is 12.4 Å². The molecular formula is C31H40ClN3O5S. The van der Waals surface area contributed by atoms with E-state index in [9.17, 15) is 13.2 Å². The average Bonchev–Trinajstić information content (AvgIpc) is 2.95. The van der Waals surface area contributed by atoms with E-state index in [0.29, 0.717) is 23.8 Å². The Balaban J connectivity index is 0.00000462. The van der Waals surface area contributed by atoms with Gasteiger partial charge in [0.15, 0.2) is 0 Å². The van der Waals surface area contributed by atoms with Gasteiger partial charge >= 0.3 is 6.09 Å². The molecule has 0 spiro atoms. The molecule has 0 bridgehead atoms. The van der Waals surface area contributed by atoms with E-state index in [1.807, 2.05) is 47.4 Å². The van der Waals surface area contributed by atoms with Crippen LogP contribution < -0.4 is 9.46 Å². The van der Waals surface area contributed by atoms with Gasteiger partial charge in [0.25, 0.3) is 0 Å². The summed E-state index contributed by atoms with van der Waals surface area (Å²) in [5.74, 6) is 1.34. The summed E-state index contributed by atoms with van der Waals surface area (Å²) < 4.78 is 36.8. The number of likely N-dealkylation sites (tertiary alicyclic amines) is 1. The maximum absolute atomic E-state index is 13.0. The lowest BCUT2D eigenvalue weighted by Gasteiger charge is -2.38. The smallest absolute Gasteiger partial charge is 0.410 e. The van der Waals surface area contributed by atoms with Crippen molar-refractivity contribution >= 4 is 34.2 Å². The van der Waals surface area contributed by atoms with Crippen molar-refractivity contribution < 1.29 is 22.7 Å². The second-order valence-electron chi connectivity index (χ2n) is 10.2. The lowest BCUT2D eigenvalue weighted by molar-refractivity contribution is 0.0589. The van der Waals surface area contributed by atoms with Crippen LogP contribution in [0.15, 0.2) is 78.9 Å². The molecule has 0 aromatic heterocycles. The normalized spacial score (nSPS) is 14.1. The van der Waals surface area contributed by atoms with Crippen molar-refractivity contribution in [1.82, 2.24) is 9.80 Å². The fraction of sp³-hybridized carbons (Fsp3) is 0.387. The van der Waals surface area contributed by atoms with E-state index < -0.39 is 10.0 Å². The fourth-order valence-electron chi connectivity index (χ4n) is 4.81. The minimum absolute atomic E-state index is 0. The third kappa shape index (κ3) is 10.6. The molecule has 222 valence electrons. The number of nitrogens with one attached hydrogen (secondary N) is 1. The van der Waals surface area contributed by atoms with Crippen LogP contribution in [-0.2, 0) is 27.9 Å². The van der Waals surface area contributed by atoms with Gasteiger partial charge in [-0.15, -0.1) is 12.4 Å². The number of hydrogen-bond acceptors (Lipinski definition) is 6. The molecule has 0 atom stereocenters. The summed E-state index contributed by atoms with van der Waals surface area (Å²) >= 11 is 0. The molecule has 0 radical (unpaired) electrons. The van der Waals surface area contributed by atoms with Crippen LogP contribution in [0.25, 0.3) is 0 Å². The van der Waals surface area contributed by atoms with Gasteiger partial charge in [-0.05, 0) is 66.8 Å². The van der Waals surface area contributed by atoms with Crippen molar-refractivity contribution in [3.8, 4) is 11.5 Å². The fourth-order valence-corrected chi connectivity index (χ4v) is 5.37. The third-order valence-electron chi connectivity index (χ3n) is 6.91. The Hall–Kier alpha value is -3.27. The van der Waals surface area contributed by atoms with Gasteiger partial charge in [-0.25, -0.2) is 13.2 Å². The minimum Gasteiger partial charge on any atom is -0.457 e. The van der Waals surface area contributed by atoms with E-state index in [-0.39, 0.29) is 24.5 Å². The number of nitrogens with zero attached hydrogens (tertiary/aromatic N) is 2. The summed E-state index contributed by atoms with van der Waals surface area (Å²) in [6.45, 7) is 5.85. The Morgan fingerprint density at radius 3 is 2.12 bits per heavy atom. The molecule has 1 saturated heterocycles. The first kappa shape index (κ1) is 32.2. The number of hydrogen-bond donors (Lipinski definition) is 1. The highest BCUT2D eigenvalue weighted by atomic mass is 35.5. The zero-order chi connectivity index (χ0) is 28.4. The summed E-state index contributed by atoms with van der Waals surface area (Å²) in [4.78, 5) is 17.3. The number of halogens is 1. The Morgan fingerprint density at radius 2 is 1.54 bits per heavy atom. The molecule has 1 aliphatic heterocycles. The standard InChI is InChI=1S/C31H39N3O5S.ClH/c1-3-4-20-34(31(35)38-24-26-8-6-5-7-9-26)28-18-21-33(22-19-28)23-25-10-14-29(15-11-25)39-30-16-12-27(13-17-30)32-40(2,36)37;/h5-17,28,32H,3-4,18-24H2,1-2H3;1H. The number of amides is 1. The number of ether oxygens (including phenoxy) is 2. The Kier molecular flexibility index (Phi) is 12.3. The molecule has 8 nitrogen and oxygen atoms in total. The van der Waals surface area contributed by atoms with Gasteiger partial charge in [0.1, 0.15) is 18.1 Å². The van der Waals surface area contributed by atoms with Crippen LogP contribution in [0.1, 0.15) is 43.7 Å². The number of anilines is 1. The monoisotopic (exact) mass is 601 g/mol. The predicted molar refractivity (Wildman–Crippen MR) is 165 cm³/mol. The molecule has 0 unspecified atom stereocenters. The second-order valence-corrected chi connectivity index (χ2v) is 12.0. The maximum Gasteiger partial charge on any atom is 0.410 e. The van der Waals surface area contributed by atoms with Crippen LogP contribution in [0.3, 0.4) is 0 Å². The van der Waals surface area contributed by atoms with Crippen molar-refractivity contribution in [2.45, 2.75) is 51.8 Å². The zero-order valence-corrected chi connectivity index (χ0v) is 25.3. The first-order valence-corrected chi connectivity index (χ1v) is 15.7. The summed E-state index contributed by atoms with van der Waals surface area (Å²) in [6, 6.07) is 24.8. The molecule has 1 heterocycles. The van der Waals surface area contributed by atoms with Crippen LogP contribution in [0.2, 0.25) is 0 Å². The Bertz CT molecular complexity index is 1310. The summed E-state index contributed by atoms with van der Waals surface area (Å²) in [5, 5.41) is 0.